The van der Waals surface area contributed by atoms with E-state index < -0.39 is 0 Å². The third-order valence-corrected chi connectivity index (χ3v) is 3.11. The van der Waals surface area contributed by atoms with Crippen molar-refractivity contribution >= 4 is 17.2 Å². The Morgan fingerprint density at radius 2 is 2.05 bits per heavy atom. The van der Waals surface area contributed by atoms with Crippen molar-refractivity contribution in [3.05, 3.63) is 35.3 Å². The Morgan fingerprint density at radius 1 is 1.37 bits per heavy atom. The maximum atomic E-state index is 13.3. The minimum Gasteiger partial charge on any atom is -0.394 e. The van der Waals surface area contributed by atoms with E-state index in [-0.39, 0.29) is 11.7 Å². The number of nitrogens with zero attached hydrogens (tertiary/aromatic N) is 2. The molecule has 0 radical (unpaired) electrons. The van der Waals surface area contributed by atoms with Gasteiger partial charge in [-0.1, -0.05) is 19.9 Å². The second-order valence-electron chi connectivity index (χ2n) is 5.01. The average molecular weight is 262 g/mol. The van der Waals surface area contributed by atoms with Crippen LogP contribution in [-0.4, -0.2) is 9.78 Å². The lowest BCUT2D eigenvalue weighted by atomic mass is 10.1. The summed E-state index contributed by atoms with van der Waals surface area (Å²) in [6.45, 7) is 5.99. The summed E-state index contributed by atoms with van der Waals surface area (Å²) < 4.78 is 15.0. The maximum absolute atomic E-state index is 13.3. The number of aryl methyl sites for hydroxylation is 2. The number of benzene rings is 1. The molecule has 0 aliphatic rings. The van der Waals surface area contributed by atoms with Crippen molar-refractivity contribution in [2.75, 3.05) is 11.1 Å². The zero-order valence-corrected chi connectivity index (χ0v) is 11.7. The number of aromatic nitrogens is 2. The normalized spacial score (nSPS) is 11.1. The van der Waals surface area contributed by atoms with E-state index >= 15 is 0 Å². The highest BCUT2D eigenvalue weighted by Gasteiger charge is 2.16. The van der Waals surface area contributed by atoms with Gasteiger partial charge in [0, 0.05) is 12.7 Å². The molecule has 1 aromatic heterocycles. The molecule has 0 aliphatic carbocycles. The summed E-state index contributed by atoms with van der Waals surface area (Å²) in [6, 6.07) is 4.62. The first kappa shape index (κ1) is 13.4. The first-order chi connectivity index (χ1) is 8.90. The molecule has 2 rings (SSSR count). The monoisotopic (exact) mass is 262 g/mol. The van der Waals surface area contributed by atoms with Crippen LogP contribution in [0.15, 0.2) is 18.2 Å². The second kappa shape index (κ2) is 4.91. The van der Waals surface area contributed by atoms with Crippen LogP contribution in [0.3, 0.4) is 0 Å². The number of anilines is 3. The first-order valence-corrected chi connectivity index (χ1v) is 6.25. The Hall–Kier alpha value is -2.04. The fourth-order valence-electron chi connectivity index (χ4n) is 1.99. The lowest BCUT2D eigenvalue weighted by Gasteiger charge is -2.10. The molecule has 0 fully saturated rings. The van der Waals surface area contributed by atoms with Crippen LogP contribution in [0.4, 0.5) is 21.6 Å². The molecule has 0 bridgehead atoms. The Bertz CT molecular complexity index is 602. The zero-order chi connectivity index (χ0) is 14.2. The van der Waals surface area contributed by atoms with Gasteiger partial charge in [0.2, 0.25) is 0 Å². The summed E-state index contributed by atoms with van der Waals surface area (Å²) >= 11 is 0. The maximum Gasteiger partial charge on any atom is 0.152 e. The molecule has 0 unspecified atom stereocenters. The Morgan fingerprint density at radius 3 is 2.63 bits per heavy atom. The fraction of sp³-hybridized carbons (Fsp3) is 0.357. The van der Waals surface area contributed by atoms with Gasteiger partial charge in [-0.2, -0.15) is 5.10 Å². The van der Waals surface area contributed by atoms with Crippen LogP contribution in [0, 0.1) is 12.7 Å². The summed E-state index contributed by atoms with van der Waals surface area (Å²) in [4.78, 5) is 0. The first-order valence-electron chi connectivity index (χ1n) is 6.25. The van der Waals surface area contributed by atoms with Crippen molar-refractivity contribution in [2.45, 2.75) is 26.7 Å². The smallest absolute Gasteiger partial charge is 0.152 e. The third-order valence-electron chi connectivity index (χ3n) is 3.11. The van der Waals surface area contributed by atoms with E-state index in [9.17, 15) is 4.39 Å². The molecular formula is C14H19FN4. The van der Waals surface area contributed by atoms with Crippen LogP contribution in [0.5, 0.6) is 0 Å². The molecule has 2 aromatic rings. The second-order valence-corrected chi connectivity index (χ2v) is 5.01. The number of nitrogens with two attached hydrogens (primary N) is 1. The van der Waals surface area contributed by atoms with Gasteiger partial charge in [-0.15, -0.1) is 0 Å². The highest BCUT2D eigenvalue weighted by atomic mass is 19.1. The Kier molecular flexibility index (Phi) is 3.46. The van der Waals surface area contributed by atoms with Crippen molar-refractivity contribution in [3.8, 4) is 0 Å². The molecule has 4 nitrogen and oxygen atoms in total. The number of hydrogen-bond donors (Lipinski definition) is 2. The molecule has 0 spiro atoms. The fourth-order valence-corrected chi connectivity index (χ4v) is 1.99. The Labute approximate surface area is 112 Å². The van der Waals surface area contributed by atoms with Gasteiger partial charge in [0.15, 0.2) is 5.82 Å². The van der Waals surface area contributed by atoms with Crippen molar-refractivity contribution in [1.82, 2.24) is 9.78 Å². The molecule has 0 aliphatic heterocycles. The van der Waals surface area contributed by atoms with Gasteiger partial charge in [-0.05, 0) is 30.5 Å². The number of nitrogens with one attached hydrogen (secondary N) is 1. The minimum atomic E-state index is -0.280. The summed E-state index contributed by atoms with van der Waals surface area (Å²) in [5, 5.41) is 7.55. The van der Waals surface area contributed by atoms with Gasteiger partial charge in [-0.25, -0.2) is 4.39 Å². The standard InChI is InChI=1S/C14H19FN4/c1-8(2)13-12(16)14(19(4)18-13)17-11-7-10(15)6-5-9(11)3/h5-8,17H,16H2,1-4H3. The third kappa shape index (κ3) is 2.54. The molecule has 0 saturated carbocycles. The van der Waals surface area contributed by atoms with Crippen molar-refractivity contribution in [3.63, 3.8) is 0 Å². The highest BCUT2D eigenvalue weighted by molar-refractivity contribution is 5.73. The van der Waals surface area contributed by atoms with Crippen LogP contribution >= 0.6 is 0 Å². The summed E-state index contributed by atoms with van der Waals surface area (Å²) in [6.07, 6.45) is 0. The zero-order valence-electron chi connectivity index (χ0n) is 11.7. The van der Waals surface area contributed by atoms with Gasteiger partial charge >= 0.3 is 0 Å². The van der Waals surface area contributed by atoms with E-state index in [4.69, 9.17) is 5.73 Å². The van der Waals surface area contributed by atoms with Crippen LogP contribution in [0.25, 0.3) is 0 Å². The minimum absolute atomic E-state index is 0.246. The number of hydrogen-bond acceptors (Lipinski definition) is 3. The predicted molar refractivity (Wildman–Crippen MR) is 76.1 cm³/mol. The Balaban J connectivity index is 2.41. The molecule has 3 N–H and O–H groups in total. The number of halogens is 1. The lowest BCUT2D eigenvalue weighted by Crippen LogP contribution is -2.02. The van der Waals surface area contributed by atoms with E-state index in [2.05, 4.69) is 10.4 Å². The van der Waals surface area contributed by atoms with Crippen molar-refractivity contribution in [2.24, 2.45) is 7.05 Å². The highest BCUT2D eigenvalue weighted by Crippen LogP contribution is 2.31. The summed E-state index contributed by atoms with van der Waals surface area (Å²) in [5.41, 5.74) is 9.21. The molecule has 5 heteroatoms. The van der Waals surface area contributed by atoms with Gasteiger partial charge < -0.3 is 11.1 Å². The number of nitrogen functional groups attached to an aromatic ring is 1. The molecule has 102 valence electrons. The molecule has 0 amide bonds. The topological polar surface area (TPSA) is 55.9 Å². The van der Waals surface area contributed by atoms with E-state index in [0.29, 0.717) is 17.2 Å². The summed E-state index contributed by atoms with van der Waals surface area (Å²) in [5.74, 6) is 0.658. The molecule has 1 heterocycles. The van der Waals surface area contributed by atoms with Gasteiger partial charge in [0.1, 0.15) is 5.82 Å². The molecular weight excluding hydrogens is 243 g/mol. The molecule has 0 atom stereocenters. The molecule has 1 aromatic carbocycles. The predicted octanol–water partition coefficient (Wildman–Crippen LogP) is 3.32. The summed E-state index contributed by atoms with van der Waals surface area (Å²) in [7, 11) is 1.82. The van der Waals surface area contributed by atoms with Gasteiger partial charge in [0.25, 0.3) is 0 Å². The largest absolute Gasteiger partial charge is 0.394 e. The van der Waals surface area contributed by atoms with E-state index in [0.717, 1.165) is 11.3 Å². The number of rotatable bonds is 3. The van der Waals surface area contributed by atoms with Crippen molar-refractivity contribution < 1.29 is 4.39 Å². The van der Waals surface area contributed by atoms with Crippen LogP contribution in [0.1, 0.15) is 31.0 Å². The van der Waals surface area contributed by atoms with Crippen LogP contribution in [0.2, 0.25) is 0 Å². The van der Waals surface area contributed by atoms with Crippen molar-refractivity contribution in [1.29, 1.82) is 0 Å². The van der Waals surface area contributed by atoms with E-state index in [1.54, 1.807) is 10.7 Å². The van der Waals surface area contributed by atoms with Crippen LogP contribution < -0.4 is 11.1 Å². The van der Waals surface area contributed by atoms with Gasteiger partial charge in [-0.3, -0.25) is 4.68 Å². The van der Waals surface area contributed by atoms with E-state index in [1.165, 1.54) is 12.1 Å². The quantitative estimate of drug-likeness (QED) is 0.892. The lowest BCUT2D eigenvalue weighted by molar-refractivity contribution is 0.628. The average Bonchev–Trinajstić information content (AvgIpc) is 2.62. The van der Waals surface area contributed by atoms with E-state index in [1.807, 2.05) is 27.8 Å². The SMILES string of the molecule is Cc1ccc(F)cc1Nc1c(N)c(C(C)C)nn1C. The van der Waals surface area contributed by atoms with Gasteiger partial charge in [0.05, 0.1) is 11.4 Å². The molecule has 0 saturated heterocycles. The van der Waals surface area contributed by atoms with Crippen LogP contribution in [-0.2, 0) is 7.05 Å². The molecule has 19 heavy (non-hydrogen) atoms.